The molecular formula is C17H20FN3O3S. The molecule has 1 heterocycles. The largest absolute Gasteiger partial charge is 0.468 e. The number of esters is 1. The normalized spacial score (nSPS) is 10.8. The van der Waals surface area contributed by atoms with E-state index >= 15 is 0 Å². The maximum absolute atomic E-state index is 13.2. The second kappa shape index (κ2) is 8.15. The number of imidazole rings is 1. The average Bonchev–Trinajstić information content (AvgIpc) is 3.03. The molecule has 0 aliphatic heterocycles. The Balaban J connectivity index is 2.47. The number of carbonyl (C=O) groups is 2. The molecule has 0 aliphatic rings. The Morgan fingerprint density at radius 1 is 1.32 bits per heavy atom. The number of hydrogen-bond acceptors (Lipinski definition) is 5. The Kier molecular flexibility index (Phi) is 6.19. The molecule has 8 heteroatoms. The van der Waals surface area contributed by atoms with Crippen LogP contribution in [0.2, 0.25) is 0 Å². The molecule has 0 aliphatic carbocycles. The minimum Gasteiger partial charge on any atom is -0.468 e. The highest BCUT2D eigenvalue weighted by atomic mass is 32.2. The molecule has 0 unspecified atom stereocenters. The lowest BCUT2D eigenvalue weighted by atomic mass is 10.2. The lowest BCUT2D eigenvalue weighted by Crippen LogP contribution is -2.41. The van der Waals surface area contributed by atoms with E-state index in [1.165, 1.54) is 42.1 Å². The minimum atomic E-state index is -0.500. The van der Waals surface area contributed by atoms with E-state index in [4.69, 9.17) is 0 Å². The van der Waals surface area contributed by atoms with Crippen LogP contribution in [0.1, 0.15) is 24.3 Å². The number of rotatable bonds is 6. The van der Waals surface area contributed by atoms with E-state index in [-0.39, 0.29) is 24.3 Å². The summed E-state index contributed by atoms with van der Waals surface area (Å²) in [4.78, 5) is 30.3. The van der Waals surface area contributed by atoms with Crippen molar-refractivity contribution >= 4 is 23.6 Å². The molecule has 134 valence electrons. The zero-order chi connectivity index (χ0) is 18.6. The van der Waals surface area contributed by atoms with Crippen molar-refractivity contribution in [3.05, 3.63) is 42.0 Å². The first kappa shape index (κ1) is 19.0. The number of nitrogens with zero attached hydrogens (tertiary/aromatic N) is 3. The number of aromatic nitrogens is 2. The molecule has 0 spiro atoms. The molecule has 2 rings (SSSR count). The summed E-state index contributed by atoms with van der Waals surface area (Å²) in [6.07, 6.45) is 3.30. The maximum Gasteiger partial charge on any atom is 0.325 e. The molecule has 2 aromatic rings. The molecule has 0 bridgehead atoms. The second-order valence-electron chi connectivity index (χ2n) is 5.54. The van der Waals surface area contributed by atoms with Crippen molar-refractivity contribution in [2.24, 2.45) is 0 Å². The van der Waals surface area contributed by atoms with Crippen LogP contribution >= 0.6 is 11.8 Å². The van der Waals surface area contributed by atoms with Gasteiger partial charge in [0.2, 0.25) is 0 Å². The van der Waals surface area contributed by atoms with E-state index in [9.17, 15) is 14.0 Å². The Morgan fingerprint density at radius 3 is 2.48 bits per heavy atom. The Morgan fingerprint density at radius 2 is 1.96 bits per heavy atom. The van der Waals surface area contributed by atoms with Gasteiger partial charge in [-0.2, -0.15) is 0 Å². The van der Waals surface area contributed by atoms with Crippen molar-refractivity contribution in [2.45, 2.75) is 25.0 Å². The summed E-state index contributed by atoms with van der Waals surface area (Å²) in [5.74, 6) is -1.21. The topological polar surface area (TPSA) is 64.4 Å². The molecule has 0 saturated heterocycles. The molecule has 0 saturated carbocycles. The van der Waals surface area contributed by atoms with E-state index in [1.54, 1.807) is 16.7 Å². The van der Waals surface area contributed by atoms with E-state index in [1.807, 2.05) is 20.1 Å². The van der Waals surface area contributed by atoms with E-state index in [0.717, 1.165) is 0 Å². The molecule has 6 nitrogen and oxygen atoms in total. The van der Waals surface area contributed by atoms with Gasteiger partial charge in [-0.1, -0.05) is 11.8 Å². The van der Waals surface area contributed by atoms with Crippen LogP contribution < -0.4 is 0 Å². The van der Waals surface area contributed by atoms with Crippen LogP contribution in [0.5, 0.6) is 0 Å². The molecule has 25 heavy (non-hydrogen) atoms. The zero-order valence-corrected chi connectivity index (χ0v) is 15.3. The second-order valence-corrected chi connectivity index (χ2v) is 6.32. The quantitative estimate of drug-likeness (QED) is 0.582. The first-order valence-electron chi connectivity index (χ1n) is 7.64. The summed E-state index contributed by atoms with van der Waals surface area (Å²) in [5.41, 5.74) is 0.918. The summed E-state index contributed by atoms with van der Waals surface area (Å²) >= 11 is 1.37. The third-order valence-corrected chi connectivity index (χ3v) is 4.28. The summed E-state index contributed by atoms with van der Waals surface area (Å²) in [6, 6.07) is 5.59. The number of halogens is 1. The highest BCUT2D eigenvalue weighted by molar-refractivity contribution is 7.98. The van der Waals surface area contributed by atoms with Crippen molar-refractivity contribution in [3.63, 3.8) is 0 Å². The zero-order valence-electron chi connectivity index (χ0n) is 14.5. The molecule has 0 fully saturated rings. The molecule has 0 radical (unpaired) electrons. The van der Waals surface area contributed by atoms with Crippen molar-refractivity contribution < 1.29 is 18.7 Å². The van der Waals surface area contributed by atoms with Crippen LogP contribution in [0, 0.1) is 5.82 Å². The number of ether oxygens (including phenoxy) is 1. The van der Waals surface area contributed by atoms with Gasteiger partial charge in [-0.25, -0.2) is 9.37 Å². The van der Waals surface area contributed by atoms with Crippen molar-refractivity contribution in [1.82, 2.24) is 14.5 Å². The summed E-state index contributed by atoms with van der Waals surface area (Å²) in [7, 11) is 1.28. The van der Waals surface area contributed by atoms with Crippen molar-refractivity contribution in [2.75, 3.05) is 19.9 Å². The van der Waals surface area contributed by atoms with Gasteiger partial charge in [-0.3, -0.25) is 14.2 Å². The number of methoxy groups -OCH3 is 1. The number of thioether (sulfide) groups is 1. The fourth-order valence-corrected chi connectivity index (χ4v) is 2.85. The van der Waals surface area contributed by atoms with Gasteiger partial charge in [0.25, 0.3) is 5.91 Å². The van der Waals surface area contributed by atoms with Gasteiger partial charge in [0.05, 0.1) is 13.3 Å². The van der Waals surface area contributed by atoms with Crippen LogP contribution in [-0.4, -0.2) is 52.3 Å². The molecule has 1 aromatic carbocycles. The van der Waals surface area contributed by atoms with Gasteiger partial charge in [0, 0.05) is 11.7 Å². The molecular weight excluding hydrogens is 345 g/mol. The standard InChI is InChI=1S/C17H20FN3O3S/c1-11(2)20(10-15(22)24-3)16(23)14-9-19-17(25-4)21(14)13-7-5-12(18)6-8-13/h5-9,11H,10H2,1-4H3. The van der Waals surface area contributed by atoms with Crippen molar-refractivity contribution in [1.29, 1.82) is 0 Å². The number of hydrogen-bond donors (Lipinski definition) is 0. The third-order valence-electron chi connectivity index (χ3n) is 3.63. The predicted octanol–water partition coefficient (Wildman–Crippen LogP) is 2.76. The van der Waals surface area contributed by atoms with Crippen LogP contribution in [0.15, 0.2) is 35.6 Å². The van der Waals surface area contributed by atoms with Crippen LogP contribution in [0.4, 0.5) is 4.39 Å². The van der Waals surface area contributed by atoms with E-state index in [0.29, 0.717) is 16.5 Å². The van der Waals surface area contributed by atoms with Crippen LogP contribution in [0.3, 0.4) is 0 Å². The first-order valence-corrected chi connectivity index (χ1v) is 8.87. The Labute approximate surface area is 150 Å². The van der Waals surface area contributed by atoms with Gasteiger partial charge < -0.3 is 9.64 Å². The van der Waals surface area contributed by atoms with Crippen LogP contribution in [0.25, 0.3) is 5.69 Å². The van der Waals surface area contributed by atoms with E-state index in [2.05, 4.69) is 9.72 Å². The average molecular weight is 365 g/mol. The molecule has 0 atom stereocenters. The highest BCUT2D eigenvalue weighted by Crippen LogP contribution is 2.23. The van der Waals surface area contributed by atoms with Gasteiger partial charge >= 0.3 is 5.97 Å². The number of carbonyl (C=O) groups excluding carboxylic acids is 2. The monoisotopic (exact) mass is 365 g/mol. The summed E-state index contributed by atoms with van der Waals surface area (Å²) in [5, 5.41) is 0.594. The first-order chi connectivity index (χ1) is 11.9. The molecule has 0 N–H and O–H groups in total. The lowest BCUT2D eigenvalue weighted by molar-refractivity contribution is -0.141. The SMILES string of the molecule is COC(=O)CN(C(=O)c1cnc(SC)n1-c1ccc(F)cc1)C(C)C. The smallest absolute Gasteiger partial charge is 0.325 e. The predicted molar refractivity (Wildman–Crippen MR) is 93.5 cm³/mol. The fraction of sp³-hybridized carbons (Fsp3) is 0.353. The summed E-state index contributed by atoms with van der Waals surface area (Å²) in [6.45, 7) is 3.47. The van der Waals surface area contributed by atoms with Gasteiger partial charge in [-0.05, 0) is 44.4 Å². The van der Waals surface area contributed by atoms with Gasteiger partial charge in [0.15, 0.2) is 5.16 Å². The Bertz CT molecular complexity index is 759. The Hall–Kier alpha value is -2.35. The summed E-state index contributed by atoms with van der Waals surface area (Å²) < 4.78 is 19.6. The third kappa shape index (κ3) is 4.19. The molecule has 1 aromatic heterocycles. The highest BCUT2D eigenvalue weighted by Gasteiger charge is 2.26. The lowest BCUT2D eigenvalue weighted by Gasteiger charge is -2.26. The number of amides is 1. The van der Waals surface area contributed by atoms with E-state index < -0.39 is 5.97 Å². The van der Waals surface area contributed by atoms with Gasteiger partial charge in [-0.15, -0.1) is 0 Å². The van der Waals surface area contributed by atoms with Crippen LogP contribution in [-0.2, 0) is 9.53 Å². The maximum atomic E-state index is 13.2. The minimum absolute atomic E-state index is 0.157. The fourth-order valence-electron chi connectivity index (χ4n) is 2.31. The van der Waals surface area contributed by atoms with Gasteiger partial charge in [0.1, 0.15) is 18.1 Å². The van der Waals surface area contributed by atoms with Crippen molar-refractivity contribution in [3.8, 4) is 5.69 Å². The number of benzene rings is 1. The molecule has 1 amide bonds.